The molecule has 0 aliphatic rings. The summed E-state index contributed by atoms with van der Waals surface area (Å²) >= 11 is 3.33. The number of phenolic OH excluding ortho intramolecular Hbond substituents is 1. The molecule has 0 aliphatic heterocycles. The third kappa shape index (κ3) is 4.29. The van der Waals surface area contributed by atoms with E-state index in [1.54, 1.807) is 18.2 Å². The van der Waals surface area contributed by atoms with E-state index in [1.807, 2.05) is 24.3 Å². The zero-order valence-electron chi connectivity index (χ0n) is 10.9. The van der Waals surface area contributed by atoms with Gasteiger partial charge in [0.15, 0.2) is 0 Å². The fourth-order valence-corrected chi connectivity index (χ4v) is 2.09. The Labute approximate surface area is 130 Å². The fraction of sp³-hybridized carbons (Fsp3) is 0. The van der Waals surface area contributed by atoms with E-state index in [2.05, 4.69) is 21.2 Å². The minimum Gasteiger partial charge on any atom is -0.507 e. The van der Waals surface area contributed by atoms with Gasteiger partial charge < -0.3 is 5.11 Å². The van der Waals surface area contributed by atoms with Crippen LogP contribution >= 0.6 is 15.9 Å². The maximum Gasteiger partial charge on any atom is 0.261 e. The van der Waals surface area contributed by atoms with Gasteiger partial charge in [-0.05, 0) is 35.9 Å². The highest BCUT2D eigenvalue weighted by Gasteiger charge is 2.11. The van der Waals surface area contributed by atoms with E-state index < -0.39 is 11.8 Å². The Hall–Kier alpha value is -2.40. The van der Waals surface area contributed by atoms with Gasteiger partial charge in [-0.1, -0.05) is 40.2 Å². The summed E-state index contributed by atoms with van der Waals surface area (Å²) in [6, 6.07) is 13.4. The third-order valence-electron chi connectivity index (χ3n) is 2.66. The first-order valence-electron chi connectivity index (χ1n) is 6.13. The molecule has 0 saturated carbocycles. The van der Waals surface area contributed by atoms with E-state index in [9.17, 15) is 14.7 Å². The molecule has 0 radical (unpaired) electrons. The van der Waals surface area contributed by atoms with Crippen molar-refractivity contribution in [3.63, 3.8) is 0 Å². The first-order valence-corrected chi connectivity index (χ1v) is 6.92. The zero-order valence-corrected chi connectivity index (χ0v) is 12.5. The van der Waals surface area contributed by atoms with Crippen LogP contribution in [0, 0.1) is 0 Å². The molecule has 106 valence electrons. The molecule has 2 N–H and O–H groups in total. The molecule has 0 bridgehead atoms. The third-order valence-corrected chi connectivity index (χ3v) is 3.15. The average Bonchev–Trinajstić information content (AvgIpc) is 2.45. The molecule has 0 aromatic heterocycles. The molecule has 4 nitrogen and oxygen atoms in total. The topological polar surface area (TPSA) is 66.4 Å². The van der Waals surface area contributed by atoms with Gasteiger partial charge in [-0.2, -0.15) is 0 Å². The monoisotopic (exact) mass is 345 g/mol. The van der Waals surface area contributed by atoms with Gasteiger partial charge in [0.05, 0.1) is 5.56 Å². The van der Waals surface area contributed by atoms with Crippen LogP contribution in [-0.4, -0.2) is 16.9 Å². The van der Waals surface area contributed by atoms with Crippen LogP contribution in [0.2, 0.25) is 0 Å². The average molecular weight is 346 g/mol. The minimum atomic E-state index is -0.642. The molecule has 0 unspecified atom stereocenters. The van der Waals surface area contributed by atoms with Crippen LogP contribution < -0.4 is 5.32 Å². The van der Waals surface area contributed by atoms with Crippen LogP contribution in [0.3, 0.4) is 0 Å². The largest absolute Gasteiger partial charge is 0.507 e. The van der Waals surface area contributed by atoms with Crippen molar-refractivity contribution in [1.82, 2.24) is 5.32 Å². The number of nitrogens with one attached hydrogen (secondary N) is 1. The van der Waals surface area contributed by atoms with E-state index in [0.29, 0.717) is 0 Å². The first-order chi connectivity index (χ1) is 10.1. The number of carbonyl (C=O) groups excluding carboxylic acids is 2. The highest BCUT2D eigenvalue weighted by atomic mass is 79.9. The number of phenols is 1. The molecule has 5 heteroatoms. The number of para-hydroxylation sites is 1. The summed E-state index contributed by atoms with van der Waals surface area (Å²) in [5, 5.41) is 11.7. The zero-order chi connectivity index (χ0) is 15.2. The number of aromatic hydroxyl groups is 1. The Kier molecular flexibility index (Phi) is 4.90. The summed E-state index contributed by atoms with van der Waals surface area (Å²) in [4.78, 5) is 23.5. The predicted octanol–water partition coefficient (Wildman–Crippen LogP) is 3.12. The molecule has 0 heterocycles. The quantitative estimate of drug-likeness (QED) is 0.840. The minimum absolute atomic E-state index is 0.0571. The Bertz CT molecular complexity index is 710. The van der Waals surface area contributed by atoms with Gasteiger partial charge in [0, 0.05) is 10.5 Å². The molecule has 2 amide bonds. The lowest BCUT2D eigenvalue weighted by Crippen LogP contribution is -2.28. The SMILES string of the molecule is O=C(C=Cc1cccc(Br)c1)NC(=O)c1ccccc1O. The molecule has 21 heavy (non-hydrogen) atoms. The number of rotatable bonds is 3. The lowest BCUT2D eigenvalue weighted by molar-refractivity contribution is -0.115. The highest BCUT2D eigenvalue weighted by molar-refractivity contribution is 9.10. The number of hydrogen-bond acceptors (Lipinski definition) is 3. The molecule has 0 aliphatic carbocycles. The van der Waals surface area contributed by atoms with Crippen molar-refractivity contribution < 1.29 is 14.7 Å². The van der Waals surface area contributed by atoms with Gasteiger partial charge in [-0.25, -0.2) is 0 Å². The molecular formula is C16H12BrNO3. The molecule has 2 aromatic carbocycles. The lowest BCUT2D eigenvalue weighted by atomic mass is 10.2. The maximum absolute atomic E-state index is 11.8. The number of benzene rings is 2. The lowest BCUT2D eigenvalue weighted by Gasteiger charge is -2.03. The van der Waals surface area contributed by atoms with Crippen LogP contribution in [0.5, 0.6) is 5.75 Å². The van der Waals surface area contributed by atoms with Gasteiger partial charge in [-0.3, -0.25) is 14.9 Å². The van der Waals surface area contributed by atoms with Crippen LogP contribution in [0.25, 0.3) is 6.08 Å². The van der Waals surface area contributed by atoms with Crippen molar-refractivity contribution in [1.29, 1.82) is 0 Å². The number of carbonyl (C=O) groups is 2. The van der Waals surface area contributed by atoms with E-state index in [0.717, 1.165) is 10.0 Å². The van der Waals surface area contributed by atoms with Crippen LogP contribution in [0.15, 0.2) is 59.1 Å². The summed E-state index contributed by atoms with van der Waals surface area (Å²) in [7, 11) is 0. The number of hydrogen-bond donors (Lipinski definition) is 2. The normalized spacial score (nSPS) is 10.5. The highest BCUT2D eigenvalue weighted by Crippen LogP contribution is 2.15. The Morgan fingerprint density at radius 1 is 1.10 bits per heavy atom. The Morgan fingerprint density at radius 3 is 2.57 bits per heavy atom. The van der Waals surface area contributed by atoms with E-state index >= 15 is 0 Å². The van der Waals surface area contributed by atoms with Gasteiger partial charge in [0.25, 0.3) is 11.8 Å². The van der Waals surface area contributed by atoms with Gasteiger partial charge in [0.2, 0.25) is 0 Å². The summed E-state index contributed by atoms with van der Waals surface area (Å²) in [5.41, 5.74) is 0.885. The molecule has 0 saturated heterocycles. The second-order valence-corrected chi connectivity index (χ2v) is 5.14. The Morgan fingerprint density at radius 2 is 1.86 bits per heavy atom. The van der Waals surface area contributed by atoms with E-state index in [1.165, 1.54) is 18.2 Å². The smallest absolute Gasteiger partial charge is 0.261 e. The summed E-state index contributed by atoms with van der Waals surface area (Å²) in [5.74, 6) is -1.36. The summed E-state index contributed by atoms with van der Waals surface area (Å²) < 4.78 is 0.898. The summed E-state index contributed by atoms with van der Waals surface area (Å²) in [6.45, 7) is 0. The predicted molar refractivity (Wildman–Crippen MR) is 83.8 cm³/mol. The van der Waals surface area contributed by atoms with Crippen molar-refractivity contribution >= 4 is 33.8 Å². The van der Waals surface area contributed by atoms with E-state index in [4.69, 9.17) is 0 Å². The van der Waals surface area contributed by atoms with Crippen molar-refractivity contribution in [2.45, 2.75) is 0 Å². The molecular weight excluding hydrogens is 334 g/mol. The number of imide groups is 1. The van der Waals surface area contributed by atoms with Gasteiger partial charge >= 0.3 is 0 Å². The second kappa shape index (κ2) is 6.85. The van der Waals surface area contributed by atoms with Crippen molar-refractivity contribution in [3.05, 3.63) is 70.2 Å². The first kappa shape index (κ1) is 15.0. The van der Waals surface area contributed by atoms with E-state index in [-0.39, 0.29) is 11.3 Å². The molecule has 2 rings (SSSR count). The van der Waals surface area contributed by atoms with Crippen LogP contribution in [-0.2, 0) is 4.79 Å². The van der Waals surface area contributed by atoms with Crippen molar-refractivity contribution in [2.75, 3.05) is 0 Å². The number of halogens is 1. The molecule has 0 fully saturated rings. The standard InChI is InChI=1S/C16H12BrNO3/c17-12-5-3-4-11(10-12)8-9-15(20)18-16(21)13-6-1-2-7-14(13)19/h1-10,19H,(H,18,20,21). The summed E-state index contributed by atoms with van der Waals surface area (Å²) in [6.07, 6.45) is 2.86. The van der Waals surface area contributed by atoms with Crippen LogP contribution in [0.1, 0.15) is 15.9 Å². The fourth-order valence-electron chi connectivity index (χ4n) is 1.67. The van der Waals surface area contributed by atoms with Crippen molar-refractivity contribution in [3.8, 4) is 5.75 Å². The maximum atomic E-state index is 11.8. The van der Waals surface area contributed by atoms with Crippen molar-refractivity contribution in [2.24, 2.45) is 0 Å². The Balaban J connectivity index is 2.02. The molecule has 2 aromatic rings. The number of amides is 2. The molecule has 0 spiro atoms. The van der Waals surface area contributed by atoms with Crippen LogP contribution in [0.4, 0.5) is 0 Å². The van der Waals surface area contributed by atoms with Gasteiger partial charge in [0.1, 0.15) is 5.75 Å². The van der Waals surface area contributed by atoms with Gasteiger partial charge in [-0.15, -0.1) is 0 Å². The molecule has 0 atom stereocenters. The second-order valence-electron chi connectivity index (χ2n) is 4.22.